The molecule has 2 fully saturated rings. The first-order valence-electron chi connectivity index (χ1n) is 8.15. The predicted octanol–water partition coefficient (Wildman–Crippen LogP) is 1.51. The standard InChI is InChI=1S/C16H23N5/c1-2-14-16(19-6-1)21(13-4-8-17-9-5-13)15(20-14)10-12-3-7-18-11-12/h1-2,6,12-13,17-18H,3-5,7-11H2. The second-order valence-electron chi connectivity index (χ2n) is 6.29. The summed E-state index contributed by atoms with van der Waals surface area (Å²) >= 11 is 0. The number of fused-ring (bicyclic) bond motifs is 1. The van der Waals surface area contributed by atoms with Crippen LogP contribution in [0.25, 0.3) is 11.2 Å². The van der Waals surface area contributed by atoms with Gasteiger partial charge in [-0.25, -0.2) is 9.97 Å². The van der Waals surface area contributed by atoms with Gasteiger partial charge in [0.2, 0.25) is 0 Å². The SMILES string of the molecule is c1cnc2c(c1)nc(CC1CCNC1)n2C1CCNCC1. The molecule has 2 aromatic rings. The molecule has 0 bridgehead atoms. The van der Waals surface area contributed by atoms with E-state index in [1.165, 1.54) is 25.1 Å². The van der Waals surface area contributed by atoms with Gasteiger partial charge in [-0.2, -0.15) is 0 Å². The Balaban J connectivity index is 1.72. The topological polar surface area (TPSA) is 54.8 Å². The second-order valence-corrected chi connectivity index (χ2v) is 6.29. The molecule has 2 saturated heterocycles. The van der Waals surface area contributed by atoms with Crippen LogP contribution in [0.1, 0.15) is 31.1 Å². The van der Waals surface area contributed by atoms with Crippen molar-refractivity contribution in [1.82, 2.24) is 25.2 Å². The second kappa shape index (κ2) is 5.73. The zero-order valence-corrected chi connectivity index (χ0v) is 12.4. The third-order valence-corrected chi connectivity index (χ3v) is 4.83. The van der Waals surface area contributed by atoms with Crippen molar-refractivity contribution in [2.24, 2.45) is 5.92 Å². The Labute approximate surface area is 125 Å². The molecule has 0 amide bonds. The summed E-state index contributed by atoms with van der Waals surface area (Å²) in [7, 11) is 0. The highest BCUT2D eigenvalue weighted by Gasteiger charge is 2.24. The quantitative estimate of drug-likeness (QED) is 0.897. The van der Waals surface area contributed by atoms with Gasteiger partial charge in [-0.1, -0.05) is 0 Å². The van der Waals surface area contributed by atoms with Crippen LogP contribution in [0.4, 0.5) is 0 Å². The van der Waals surface area contributed by atoms with E-state index in [0.29, 0.717) is 6.04 Å². The molecular weight excluding hydrogens is 262 g/mol. The number of nitrogens with zero attached hydrogens (tertiary/aromatic N) is 3. The van der Waals surface area contributed by atoms with E-state index in [4.69, 9.17) is 4.98 Å². The van der Waals surface area contributed by atoms with E-state index >= 15 is 0 Å². The molecular formula is C16H23N5. The van der Waals surface area contributed by atoms with Gasteiger partial charge in [0.1, 0.15) is 11.3 Å². The van der Waals surface area contributed by atoms with E-state index in [0.717, 1.165) is 49.7 Å². The first kappa shape index (κ1) is 13.2. The smallest absolute Gasteiger partial charge is 0.160 e. The van der Waals surface area contributed by atoms with Gasteiger partial charge in [-0.15, -0.1) is 0 Å². The van der Waals surface area contributed by atoms with E-state index in [-0.39, 0.29) is 0 Å². The molecule has 0 aromatic carbocycles. The summed E-state index contributed by atoms with van der Waals surface area (Å²) in [5, 5.41) is 6.92. The van der Waals surface area contributed by atoms with Crippen LogP contribution in [0, 0.1) is 5.92 Å². The number of imidazole rings is 1. The highest BCUT2D eigenvalue weighted by atomic mass is 15.2. The number of hydrogen-bond acceptors (Lipinski definition) is 4. The van der Waals surface area contributed by atoms with Crippen molar-refractivity contribution < 1.29 is 0 Å². The van der Waals surface area contributed by atoms with Gasteiger partial charge in [-0.05, 0) is 63.5 Å². The van der Waals surface area contributed by atoms with Crippen LogP contribution in [0.5, 0.6) is 0 Å². The summed E-state index contributed by atoms with van der Waals surface area (Å²) in [6.07, 6.45) is 6.59. The fourth-order valence-electron chi connectivity index (χ4n) is 3.72. The molecule has 0 spiro atoms. The molecule has 4 heterocycles. The van der Waals surface area contributed by atoms with Crippen LogP contribution in [0.2, 0.25) is 0 Å². The van der Waals surface area contributed by atoms with Crippen molar-refractivity contribution in [1.29, 1.82) is 0 Å². The molecule has 112 valence electrons. The summed E-state index contributed by atoms with van der Waals surface area (Å²) < 4.78 is 2.44. The Hall–Kier alpha value is -1.46. The summed E-state index contributed by atoms with van der Waals surface area (Å²) in [6.45, 7) is 4.47. The molecule has 4 rings (SSSR count). The highest BCUT2D eigenvalue weighted by Crippen LogP contribution is 2.27. The zero-order valence-electron chi connectivity index (χ0n) is 12.4. The van der Waals surface area contributed by atoms with Crippen LogP contribution in [0.15, 0.2) is 18.3 Å². The molecule has 5 nitrogen and oxygen atoms in total. The molecule has 2 aromatic heterocycles. The van der Waals surface area contributed by atoms with Crippen molar-refractivity contribution in [3.8, 4) is 0 Å². The molecule has 5 heteroatoms. The van der Waals surface area contributed by atoms with E-state index in [1.807, 2.05) is 12.3 Å². The minimum atomic E-state index is 0.551. The maximum Gasteiger partial charge on any atom is 0.160 e. The van der Waals surface area contributed by atoms with Gasteiger partial charge in [0.15, 0.2) is 5.65 Å². The van der Waals surface area contributed by atoms with Gasteiger partial charge in [0.05, 0.1) is 0 Å². The van der Waals surface area contributed by atoms with Gasteiger partial charge >= 0.3 is 0 Å². The maximum absolute atomic E-state index is 4.90. The summed E-state index contributed by atoms with van der Waals surface area (Å²) in [5.74, 6) is 1.96. The molecule has 1 atom stereocenters. The molecule has 21 heavy (non-hydrogen) atoms. The van der Waals surface area contributed by atoms with E-state index < -0.39 is 0 Å². The Morgan fingerprint density at radius 1 is 1.14 bits per heavy atom. The third-order valence-electron chi connectivity index (χ3n) is 4.83. The van der Waals surface area contributed by atoms with Crippen molar-refractivity contribution in [3.05, 3.63) is 24.2 Å². The predicted molar refractivity (Wildman–Crippen MR) is 83.3 cm³/mol. The first-order chi connectivity index (χ1) is 10.4. The normalized spacial score (nSPS) is 23.9. The Morgan fingerprint density at radius 2 is 2.00 bits per heavy atom. The van der Waals surface area contributed by atoms with Crippen molar-refractivity contribution in [2.75, 3.05) is 26.2 Å². The fraction of sp³-hybridized carbons (Fsp3) is 0.625. The summed E-state index contributed by atoms with van der Waals surface area (Å²) in [4.78, 5) is 9.52. The molecule has 2 aliphatic heterocycles. The maximum atomic E-state index is 4.90. The minimum absolute atomic E-state index is 0.551. The molecule has 2 N–H and O–H groups in total. The summed E-state index contributed by atoms with van der Waals surface area (Å²) in [6, 6.07) is 4.63. The molecule has 0 aliphatic carbocycles. The van der Waals surface area contributed by atoms with Crippen LogP contribution in [0.3, 0.4) is 0 Å². The van der Waals surface area contributed by atoms with Crippen molar-refractivity contribution in [2.45, 2.75) is 31.7 Å². The monoisotopic (exact) mass is 285 g/mol. The van der Waals surface area contributed by atoms with E-state index in [1.54, 1.807) is 0 Å². The lowest BCUT2D eigenvalue weighted by molar-refractivity contribution is 0.360. The lowest BCUT2D eigenvalue weighted by Gasteiger charge is -2.26. The van der Waals surface area contributed by atoms with E-state index in [9.17, 15) is 0 Å². The van der Waals surface area contributed by atoms with Crippen LogP contribution in [-0.4, -0.2) is 40.7 Å². The number of pyridine rings is 1. The van der Waals surface area contributed by atoms with Crippen LogP contribution >= 0.6 is 0 Å². The number of piperidine rings is 1. The van der Waals surface area contributed by atoms with Gasteiger partial charge in [0, 0.05) is 18.7 Å². The molecule has 2 aliphatic rings. The van der Waals surface area contributed by atoms with Crippen LogP contribution < -0.4 is 10.6 Å². The number of hydrogen-bond donors (Lipinski definition) is 2. The summed E-state index contributed by atoms with van der Waals surface area (Å²) in [5.41, 5.74) is 2.13. The third kappa shape index (κ3) is 2.56. The Bertz CT molecular complexity index is 608. The number of nitrogens with one attached hydrogen (secondary N) is 2. The zero-order chi connectivity index (χ0) is 14.1. The highest BCUT2D eigenvalue weighted by molar-refractivity contribution is 5.71. The lowest BCUT2D eigenvalue weighted by Crippen LogP contribution is -2.30. The first-order valence-corrected chi connectivity index (χ1v) is 8.15. The fourth-order valence-corrected chi connectivity index (χ4v) is 3.72. The molecule has 0 saturated carbocycles. The Morgan fingerprint density at radius 3 is 2.81 bits per heavy atom. The lowest BCUT2D eigenvalue weighted by atomic mass is 10.0. The van der Waals surface area contributed by atoms with Crippen LogP contribution in [-0.2, 0) is 6.42 Å². The number of rotatable bonds is 3. The molecule has 1 unspecified atom stereocenters. The average molecular weight is 285 g/mol. The van der Waals surface area contributed by atoms with Gasteiger partial charge in [-0.3, -0.25) is 0 Å². The van der Waals surface area contributed by atoms with Crippen molar-refractivity contribution in [3.63, 3.8) is 0 Å². The largest absolute Gasteiger partial charge is 0.317 e. The Kier molecular flexibility index (Phi) is 3.61. The minimum Gasteiger partial charge on any atom is -0.317 e. The van der Waals surface area contributed by atoms with Crippen molar-refractivity contribution >= 4 is 11.2 Å². The average Bonchev–Trinajstić information content (AvgIpc) is 3.15. The molecule has 0 radical (unpaired) electrons. The van der Waals surface area contributed by atoms with Gasteiger partial charge < -0.3 is 15.2 Å². The number of aromatic nitrogens is 3. The van der Waals surface area contributed by atoms with Gasteiger partial charge in [0.25, 0.3) is 0 Å². The van der Waals surface area contributed by atoms with E-state index in [2.05, 4.69) is 26.3 Å².